The Kier molecular flexibility index (Phi) is 3.66. The van der Waals surface area contributed by atoms with Crippen LogP contribution in [-0.2, 0) is 13.6 Å². The van der Waals surface area contributed by atoms with Crippen LogP contribution in [0.15, 0.2) is 34.6 Å². The van der Waals surface area contributed by atoms with Crippen LogP contribution in [0.2, 0.25) is 0 Å². The second kappa shape index (κ2) is 5.59. The largest absolute Gasteiger partial charge is 0.311 e. The van der Waals surface area contributed by atoms with Gasteiger partial charge in [0, 0.05) is 19.8 Å². The lowest BCUT2D eigenvalue weighted by Crippen LogP contribution is -2.14. The van der Waals surface area contributed by atoms with Crippen molar-refractivity contribution in [3.05, 3.63) is 30.1 Å². The van der Waals surface area contributed by atoms with E-state index in [-0.39, 0.29) is 0 Å². The maximum atomic E-state index is 4.66. The molecule has 3 heterocycles. The van der Waals surface area contributed by atoms with Gasteiger partial charge in [0.25, 0.3) is 0 Å². The number of nitrogens with zero attached hydrogens (tertiary/aromatic N) is 6. The number of aryl methyl sites for hydroxylation is 1. The first kappa shape index (κ1) is 13.1. The number of imidazole rings is 1. The molecule has 0 fully saturated rings. The molecule has 0 aliphatic heterocycles. The maximum Gasteiger partial charge on any atom is 0.215 e. The van der Waals surface area contributed by atoms with Crippen molar-refractivity contribution in [3.8, 4) is 0 Å². The molecule has 1 N–H and O–H groups in total. The van der Waals surface area contributed by atoms with Crippen LogP contribution in [0.1, 0.15) is 12.6 Å². The highest BCUT2D eigenvalue weighted by Gasteiger charge is 2.15. The van der Waals surface area contributed by atoms with E-state index < -0.39 is 0 Å². The van der Waals surface area contributed by atoms with E-state index in [1.54, 1.807) is 4.68 Å². The number of hydrogen-bond donors (Lipinski definition) is 1. The fraction of sp³-hybridized carbons (Fsp3) is 0.333. The van der Waals surface area contributed by atoms with Crippen LogP contribution in [0.3, 0.4) is 0 Å². The topological polar surface area (TPSA) is 72.9 Å². The van der Waals surface area contributed by atoms with Gasteiger partial charge >= 0.3 is 0 Å². The molecule has 20 heavy (non-hydrogen) atoms. The third-order valence-corrected chi connectivity index (χ3v) is 3.95. The number of hydrogen-bond acceptors (Lipinski definition) is 6. The zero-order chi connectivity index (χ0) is 13.9. The summed E-state index contributed by atoms with van der Waals surface area (Å²) < 4.78 is 3.74. The molecular formula is C12H15N7S. The predicted octanol–water partition coefficient (Wildman–Crippen LogP) is 1.12. The molecule has 0 aliphatic rings. The van der Waals surface area contributed by atoms with Gasteiger partial charge in [0.2, 0.25) is 5.16 Å². The molecule has 8 heteroatoms. The molecule has 0 amide bonds. The number of nitrogens with one attached hydrogen (secondary N) is 1. The van der Waals surface area contributed by atoms with E-state index in [9.17, 15) is 0 Å². The van der Waals surface area contributed by atoms with Crippen LogP contribution in [0.25, 0.3) is 5.65 Å². The molecule has 0 unspecified atom stereocenters. The van der Waals surface area contributed by atoms with Crippen molar-refractivity contribution in [2.75, 3.05) is 6.54 Å². The number of rotatable bonds is 5. The molecular weight excluding hydrogens is 274 g/mol. The first-order valence-corrected chi connectivity index (χ1v) is 7.18. The Morgan fingerprint density at radius 2 is 2.25 bits per heavy atom. The monoisotopic (exact) mass is 289 g/mol. The quantitative estimate of drug-likeness (QED) is 0.759. The summed E-state index contributed by atoms with van der Waals surface area (Å²) in [4.78, 5) is 4.66. The molecule has 0 atom stereocenters. The van der Waals surface area contributed by atoms with Crippen LogP contribution in [0.5, 0.6) is 0 Å². The molecule has 7 nitrogen and oxygen atoms in total. The first-order chi connectivity index (χ1) is 9.79. The minimum Gasteiger partial charge on any atom is -0.311 e. The second-order valence-electron chi connectivity index (χ2n) is 4.26. The van der Waals surface area contributed by atoms with Crippen molar-refractivity contribution in [1.29, 1.82) is 0 Å². The van der Waals surface area contributed by atoms with Gasteiger partial charge in [-0.3, -0.25) is 0 Å². The molecule has 3 aromatic heterocycles. The van der Waals surface area contributed by atoms with Crippen LogP contribution < -0.4 is 5.32 Å². The van der Waals surface area contributed by atoms with Gasteiger partial charge in [-0.2, -0.15) is 0 Å². The Balaban J connectivity index is 2.02. The highest BCUT2D eigenvalue weighted by atomic mass is 32.2. The smallest absolute Gasteiger partial charge is 0.215 e. The van der Waals surface area contributed by atoms with E-state index in [4.69, 9.17) is 0 Å². The van der Waals surface area contributed by atoms with E-state index >= 15 is 0 Å². The van der Waals surface area contributed by atoms with Crippen molar-refractivity contribution in [2.45, 2.75) is 23.7 Å². The minimum atomic E-state index is 0.728. The summed E-state index contributed by atoms with van der Waals surface area (Å²) in [6.07, 6.45) is 2.02. The van der Waals surface area contributed by atoms with Crippen molar-refractivity contribution in [3.63, 3.8) is 0 Å². The Morgan fingerprint density at radius 1 is 1.35 bits per heavy atom. The van der Waals surface area contributed by atoms with Crippen LogP contribution in [0, 0.1) is 0 Å². The summed E-state index contributed by atoms with van der Waals surface area (Å²) in [7, 11) is 1.82. The van der Waals surface area contributed by atoms with E-state index in [0.29, 0.717) is 0 Å². The summed E-state index contributed by atoms with van der Waals surface area (Å²) in [5.41, 5.74) is 2.05. The maximum absolute atomic E-state index is 4.66. The fourth-order valence-corrected chi connectivity index (χ4v) is 2.75. The van der Waals surface area contributed by atoms with Crippen molar-refractivity contribution in [1.82, 2.24) is 34.9 Å². The zero-order valence-corrected chi connectivity index (χ0v) is 12.1. The zero-order valence-electron chi connectivity index (χ0n) is 11.3. The first-order valence-electron chi connectivity index (χ1n) is 6.36. The van der Waals surface area contributed by atoms with Gasteiger partial charge in [0.15, 0.2) is 0 Å². The molecule has 0 spiro atoms. The van der Waals surface area contributed by atoms with Gasteiger partial charge in [0.1, 0.15) is 10.7 Å². The summed E-state index contributed by atoms with van der Waals surface area (Å²) in [6.45, 7) is 3.76. The highest BCUT2D eigenvalue weighted by molar-refractivity contribution is 7.99. The Labute approximate surface area is 120 Å². The lowest BCUT2D eigenvalue weighted by molar-refractivity contribution is 0.663. The van der Waals surface area contributed by atoms with E-state index in [0.717, 1.165) is 34.6 Å². The van der Waals surface area contributed by atoms with E-state index in [1.165, 1.54) is 11.8 Å². The fourth-order valence-electron chi connectivity index (χ4n) is 1.91. The summed E-state index contributed by atoms with van der Waals surface area (Å²) in [5, 5.41) is 16.5. The van der Waals surface area contributed by atoms with E-state index in [2.05, 4.69) is 37.2 Å². The van der Waals surface area contributed by atoms with Gasteiger partial charge in [-0.15, -0.1) is 5.10 Å². The highest BCUT2D eigenvalue weighted by Crippen LogP contribution is 2.28. The van der Waals surface area contributed by atoms with Gasteiger partial charge in [-0.1, -0.05) is 13.0 Å². The Morgan fingerprint density at radius 3 is 3.00 bits per heavy atom. The summed E-state index contributed by atoms with van der Waals surface area (Å²) in [5.74, 6) is 0. The van der Waals surface area contributed by atoms with E-state index in [1.807, 2.05) is 31.4 Å². The third-order valence-electron chi connectivity index (χ3n) is 2.90. The second-order valence-corrected chi connectivity index (χ2v) is 5.22. The standard InChI is InChI=1S/C12H15N7S/c1-3-13-8-9-11(20-12-15-16-17-18(12)2)14-10-6-4-5-7-19(9)10/h4-7,13H,3,8H2,1-2H3. The molecule has 0 saturated heterocycles. The molecule has 3 aromatic rings. The van der Waals surface area contributed by atoms with Gasteiger partial charge in [-0.25, -0.2) is 9.67 Å². The molecule has 0 radical (unpaired) electrons. The lowest BCUT2D eigenvalue weighted by atomic mass is 10.4. The lowest BCUT2D eigenvalue weighted by Gasteiger charge is -2.04. The normalized spacial score (nSPS) is 11.3. The number of pyridine rings is 1. The molecule has 0 aromatic carbocycles. The van der Waals surface area contributed by atoms with Gasteiger partial charge in [0.05, 0.1) is 5.69 Å². The van der Waals surface area contributed by atoms with Crippen LogP contribution in [0.4, 0.5) is 0 Å². The molecule has 0 saturated carbocycles. The van der Waals surface area contributed by atoms with Crippen molar-refractivity contribution < 1.29 is 0 Å². The minimum absolute atomic E-state index is 0.728. The Bertz CT molecular complexity index is 717. The Hall–Kier alpha value is -1.93. The summed E-state index contributed by atoms with van der Waals surface area (Å²) in [6, 6.07) is 5.98. The SMILES string of the molecule is CCNCc1c(Sc2nnnn2C)nc2ccccn12. The number of aromatic nitrogens is 6. The predicted molar refractivity (Wildman–Crippen MR) is 75.5 cm³/mol. The molecule has 104 valence electrons. The van der Waals surface area contributed by atoms with Crippen molar-refractivity contribution >= 4 is 17.4 Å². The average Bonchev–Trinajstić information content (AvgIpc) is 3.01. The molecule has 0 aliphatic carbocycles. The summed E-state index contributed by atoms with van der Waals surface area (Å²) >= 11 is 1.48. The number of tetrazole rings is 1. The molecule has 3 rings (SSSR count). The molecule has 0 bridgehead atoms. The average molecular weight is 289 g/mol. The number of fused-ring (bicyclic) bond motifs is 1. The van der Waals surface area contributed by atoms with Crippen LogP contribution >= 0.6 is 11.8 Å². The van der Waals surface area contributed by atoms with Crippen molar-refractivity contribution in [2.24, 2.45) is 7.05 Å². The van der Waals surface area contributed by atoms with Gasteiger partial charge < -0.3 is 9.72 Å². The van der Waals surface area contributed by atoms with Crippen LogP contribution in [-0.4, -0.2) is 36.1 Å². The van der Waals surface area contributed by atoms with Gasteiger partial charge in [-0.05, 0) is 40.9 Å². The third kappa shape index (κ3) is 2.39.